The number of carbonyl (C=O) groups excluding carboxylic acids is 1. The number of aromatic nitrogens is 3. The monoisotopic (exact) mass is 292 g/mol. The van der Waals surface area contributed by atoms with Gasteiger partial charge < -0.3 is 10.1 Å². The molecule has 0 saturated heterocycles. The molecule has 0 aromatic carbocycles. The van der Waals surface area contributed by atoms with E-state index in [4.69, 9.17) is 4.74 Å². The van der Waals surface area contributed by atoms with Gasteiger partial charge in [-0.3, -0.25) is 0 Å². The van der Waals surface area contributed by atoms with E-state index in [1.54, 1.807) is 25.2 Å². The Morgan fingerprint density at radius 1 is 1.35 bits per heavy atom. The van der Waals surface area contributed by atoms with Crippen molar-refractivity contribution in [3.63, 3.8) is 0 Å². The number of ether oxygens (including phenoxy) is 1. The highest BCUT2D eigenvalue weighted by Gasteiger charge is 2.12. The van der Waals surface area contributed by atoms with Crippen LogP contribution in [0.2, 0.25) is 0 Å². The highest BCUT2D eigenvalue weighted by Crippen LogP contribution is 2.14. The third-order valence-electron chi connectivity index (χ3n) is 2.73. The topological polar surface area (TPSA) is 77.0 Å². The first-order valence-electron chi connectivity index (χ1n) is 6.25. The van der Waals surface area contributed by atoms with Crippen molar-refractivity contribution in [2.24, 2.45) is 0 Å². The molecule has 1 N–H and O–H groups in total. The van der Waals surface area contributed by atoms with Crippen molar-refractivity contribution in [2.75, 3.05) is 11.9 Å². The predicted octanol–water partition coefficient (Wildman–Crippen LogP) is 2.34. The average molecular weight is 292 g/mol. The summed E-state index contributed by atoms with van der Waals surface area (Å²) in [6.07, 6.45) is 1.49. The standard InChI is InChI=1S/C13H16N4O2S/c1-4-19-12(18)10-5-14-13(17-8(10)2)15-6-11-9(3)16-7-20-11/h5,7H,4,6H2,1-3H3,(H,14,15,17). The molecular weight excluding hydrogens is 276 g/mol. The van der Waals surface area contributed by atoms with Crippen LogP contribution in [-0.2, 0) is 11.3 Å². The van der Waals surface area contributed by atoms with Crippen LogP contribution in [-0.4, -0.2) is 27.5 Å². The minimum Gasteiger partial charge on any atom is -0.462 e. The van der Waals surface area contributed by atoms with Gasteiger partial charge in [0.05, 0.1) is 35.6 Å². The van der Waals surface area contributed by atoms with E-state index in [0.717, 1.165) is 10.6 Å². The molecule has 2 aromatic rings. The largest absolute Gasteiger partial charge is 0.462 e. The second-order valence-corrected chi connectivity index (χ2v) is 5.07. The molecule has 0 spiro atoms. The van der Waals surface area contributed by atoms with Gasteiger partial charge in [0, 0.05) is 11.1 Å². The van der Waals surface area contributed by atoms with Crippen LogP contribution in [0, 0.1) is 13.8 Å². The molecule has 0 amide bonds. The first-order chi connectivity index (χ1) is 9.61. The molecule has 0 unspecified atom stereocenters. The lowest BCUT2D eigenvalue weighted by atomic mass is 10.2. The number of aryl methyl sites for hydroxylation is 2. The Labute approximate surface area is 121 Å². The van der Waals surface area contributed by atoms with Crippen molar-refractivity contribution >= 4 is 23.3 Å². The molecule has 2 heterocycles. The number of hydrogen-bond donors (Lipinski definition) is 1. The summed E-state index contributed by atoms with van der Waals surface area (Å²) in [5.41, 5.74) is 3.80. The third kappa shape index (κ3) is 3.30. The molecule has 6 nitrogen and oxygen atoms in total. The lowest BCUT2D eigenvalue weighted by Crippen LogP contribution is -2.11. The summed E-state index contributed by atoms with van der Waals surface area (Å²) < 4.78 is 4.94. The highest BCUT2D eigenvalue weighted by molar-refractivity contribution is 7.09. The van der Waals surface area contributed by atoms with Crippen molar-refractivity contribution in [2.45, 2.75) is 27.3 Å². The van der Waals surface area contributed by atoms with Crippen molar-refractivity contribution in [1.82, 2.24) is 15.0 Å². The average Bonchev–Trinajstić information content (AvgIpc) is 2.82. The minimum absolute atomic E-state index is 0.336. The van der Waals surface area contributed by atoms with Crippen LogP contribution < -0.4 is 5.32 Å². The quantitative estimate of drug-likeness (QED) is 0.852. The summed E-state index contributed by atoms with van der Waals surface area (Å²) in [6.45, 7) is 6.44. The smallest absolute Gasteiger partial charge is 0.341 e. The fourth-order valence-electron chi connectivity index (χ4n) is 1.62. The van der Waals surface area contributed by atoms with Gasteiger partial charge in [-0.1, -0.05) is 0 Å². The lowest BCUT2D eigenvalue weighted by molar-refractivity contribution is 0.0524. The van der Waals surface area contributed by atoms with Crippen LogP contribution in [0.25, 0.3) is 0 Å². The number of anilines is 1. The fourth-order valence-corrected chi connectivity index (χ4v) is 2.33. The molecule has 0 radical (unpaired) electrons. The van der Waals surface area contributed by atoms with Crippen LogP contribution in [0.4, 0.5) is 5.95 Å². The summed E-state index contributed by atoms with van der Waals surface area (Å²) in [6, 6.07) is 0. The van der Waals surface area contributed by atoms with Gasteiger partial charge >= 0.3 is 5.97 Å². The fraction of sp³-hybridized carbons (Fsp3) is 0.385. The third-order valence-corrected chi connectivity index (χ3v) is 3.66. The molecule has 2 aromatic heterocycles. The Morgan fingerprint density at radius 2 is 2.15 bits per heavy atom. The minimum atomic E-state index is -0.394. The molecule has 0 aliphatic rings. The Morgan fingerprint density at radius 3 is 2.75 bits per heavy atom. The summed E-state index contributed by atoms with van der Waals surface area (Å²) in [5, 5.41) is 3.12. The second-order valence-electron chi connectivity index (χ2n) is 4.13. The Bertz CT molecular complexity index is 612. The summed E-state index contributed by atoms with van der Waals surface area (Å²) in [5.74, 6) is 0.0956. The van der Waals surface area contributed by atoms with E-state index in [1.807, 2.05) is 12.4 Å². The molecule has 0 saturated carbocycles. The van der Waals surface area contributed by atoms with E-state index >= 15 is 0 Å². The maximum atomic E-state index is 11.6. The Kier molecular flexibility index (Phi) is 4.62. The molecule has 0 atom stereocenters. The predicted molar refractivity (Wildman–Crippen MR) is 76.9 cm³/mol. The van der Waals surface area contributed by atoms with Crippen LogP contribution in [0.15, 0.2) is 11.7 Å². The molecule has 0 aliphatic heterocycles. The zero-order valence-corrected chi connectivity index (χ0v) is 12.5. The number of hydrogen-bond acceptors (Lipinski definition) is 7. The SMILES string of the molecule is CCOC(=O)c1cnc(NCc2scnc2C)nc1C. The molecule has 0 aliphatic carbocycles. The number of nitrogens with one attached hydrogen (secondary N) is 1. The summed E-state index contributed by atoms with van der Waals surface area (Å²) in [4.78, 5) is 25.4. The zero-order chi connectivity index (χ0) is 14.5. The van der Waals surface area contributed by atoms with Crippen molar-refractivity contribution in [1.29, 1.82) is 0 Å². The normalized spacial score (nSPS) is 10.3. The van der Waals surface area contributed by atoms with Gasteiger partial charge in [-0.2, -0.15) is 0 Å². The number of carbonyl (C=O) groups is 1. The zero-order valence-electron chi connectivity index (χ0n) is 11.6. The summed E-state index contributed by atoms with van der Waals surface area (Å²) >= 11 is 1.58. The number of esters is 1. The highest BCUT2D eigenvalue weighted by atomic mass is 32.1. The van der Waals surface area contributed by atoms with E-state index in [2.05, 4.69) is 20.3 Å². The van der Waals surface area contributed by atoms with Gasteiger partial charge in [0.2, 0.25) is 5.95 Å². The molecule has 106 valence electrons. The molecule has 2 rings (SSSR count). The number of thiazole rings is 1. The van der Waals surface area contributed by atoms with Gasteiger partial charge in [-0.05, 0) is 20.8 Å². The number of rotatable bonds is 5. The van der Waals surface area contributed by atoms with E-state index < -0.39 is 5.97 Å². The van der Waals surface area contributed by atoms with Gasteiger partial charge in [-0.25, -0.2) is 19.7 Å². The van der Waals surface area contributed by atoms with Gasteiger partial charge in [0.1, 0.15) is 0 Å². The van der Waals surface area contributed by atoms with Crippen molar-refractivity contribution < 1.29 is 9.53 Å². The molecule has 7 heteroatoms. The maximum absolute atomic E-state index is 11.6. The van der Waals surface area contributed by atoms with Gasteiger partial charge in [0.25, 0.3) is 0 Å². The van der Waals surface area contributed by atoms with Crippen LogP contribution in [0.1, 0.15) is 33.5 Å². The van der Waals surface area contributed by atoms with Crippen molar-refractivity contribution in [3.05, 3.63) is 33.5 Å². The van der Waals surface area contributed by atoms with Crippen molar-refractivity contribution in [3.8, 4) is 0 Å². The first-order valence-corrected chi connectivity index (χ1v) is 7.13. The van der Waals surface area contributed by atoms with Crippen LogP contribution in [0.5, 0.6) is 0 Å². The molecule has 0 bridgehead atoms. The lowest BCUT2D eigenvalue weighted by Gasteiger charge is -2.07. The molecule has 0 fully saturated rings. The summed E-state index contributed by atoms with van der Waals surface area (Å²) in [7, 11) is 0. The van der Waals surface area contributed by atoms with E-state index in [1.165, 1.54) is 6.20 Å². The molecule has 20 heavy (non-hydrogen) atoms. The Balaban J connectivity index is 2.05. The van der Waals surface area contributed by atoms with E-state index in [9.17, 15) is 4.79 Å². The van der Waals surface area contributed by atoms with Gasteiger partial charge in [0.15, 0.2) is 0 Å². The first kappa shape index (κ1) is 14.4. The van der Waals surface area contributed by atoms with Crippen LogP contribution in [0.3, 0.4) is 0 Å². The van der Waals surface area contributed by atoms with Gasteiger partial charge in [-0.15, -0.1) is 11.3 Å². The van der Waals surface area contributed by atoms with E-state index in [-0.39, 0.29) is 0 Å². The Hall–Kier alpha value is -2.02. The second kappa shape index (κ2) is 6.42. The molecular formula is C13H16N4O2S. The van der Waals surface area contributed by atoms with Crippen LogP contribution >= 0.6 is 11.3 Å². The number of nitrogens with zero attached hydrogens (tertiary/aromatic N) is 3. The van der Waals surface area contributed by atoms with E-state index in [0.29, 0.717) is 30.4 Å². The maximum Gasteiger partial charge on any atom is 0.341 e.